The molecule has 3 rings (SSSR count). The Balaban J connectivity index is 1.66. The summed E-state index contributed by atoms with van der Waals surface area (Å²) in [6, 6.07) is 16.7. The van der Waals surface area contributed by atoms with E-state index < -0.39 is 29.9 Å². The molecule has 3 atom stereocenters. The predicted molar refractivity (Wildman–Crippen MR) is 111 cm³/mol. The molecular formula is C23H26N2O5. The van der Waals surface area contributed by atoms with Crippen LogP contribution in [0.5, 0.6) is 0 Å². The minimum atomic E-state index is -1.04. The summed E-state index contributed by atoms with van der Waals surface area (Å²) in [5, 5.41) is 21.9. The number of amides is 1. The first-order valence-electron chi connectivity index (χ1n) is 10.1. The molecule has 3 unspecified atom stereocenters. The number of carbonyl (C=O) groups is 3. The monoisotopic (exact) mass is 410 g/mol. The summed E-state index contributed by atoms with van der Waals surface area (Å²) in [6.45, 7) is -0.223. The second-order valence-corrected chi connectivity index (χ2v) is 7.45. The lowest BCUT2D eigenvalue weighted by Crippen LogP contribution is -2.48. The molecule has 2 aromatic rings. The minimum Gasteiger partial charge on any atom is -0.480 e. The van der Waals surface area contributed by atoms with Crippen molar-refractivity contribution in [2.24, 2.45) is 0 Å². The molecule has 1 fully saturated rings. The quantitative estimate of drug-likeness (QED) is 0.586. The Kier molecular flexibility index (Phi) is 7.19. The van der Waals surface area contributed by atoms with Gasteiger partial charge >= 0.3 is 11.9 Å². The molecule has 1 saturated heterocycles. The third kappa shape index (κ3) is 5.24. The Labute approximate surface area is 175 Å². The Morgan fingerprint density at radius 3 is 2.20 bits per heavy atom. The van der Waals surface area contributed by atoms with Crippen LogP contribution in [-0.4, -0.2) is 51.6 Å². The molecule has 3 N–H and O–H groups in total. The zero-order chi connectivity index (χ0) is 21.5. The first-order valence-corrected chi connectivity index (χ1v) is 10.1. The van der Waals surface area contributed by atoms with E-state index in [4.69, 9.17) is 0 Å². The van der Waals surface area contributed by atoms with Gasteiger partial charge in [0.15, 0.2) is 0 Å². The van der Waals surface area contributed by atoms with Gasteiger partial charge in [0.25, 0.3) is 0 Å². The smallest absolute Gasteiger partial charge is 0.326 e. The Morgan fingerprint density at radius 2 is 1.60 bits per heavy atom. The summed E-state index contributed by atoms with van der Waals surface area (Å²) in [6.07, 6.45) is 1.82. The summed E-state index contributed by atoms with van der Waals surface area (Å²) < 4.78 is 0. The van der Waals surface area contributed by atoms with Crippen LogP contribution in [0.1, 0.15) is 36.4 Å². The lowest BCUT2D eigenvalue weighted by molar-refractivity contribution is -0.149. The summed E-state index contributed by atoms with van der Waals surface area (Å²) in [7, 11) is 0. The normalized spacial score (nSPS) is 19.4. The predicted octanol–water partition coefficient (Wildman–Crippen LogP) is 2.48. The van der Waals surface area contributed by atoms with E-state index >= 15 is 0 Å². The molecule has 1 aliphatic heterocycles. The molecule has 0 aliphatic carbocycles. The minimum absolute atomic E-state index is 0.223. The standard InChI is InChI=1S/C23H26N2O5/c26-21(15-24-18(22(27)28)12-11-16-7-3-1-4-8-16)25-19(13-14-20(25)23(29)30)17-9-5-2-6-10-17/h1-10,18-20,24H,11-15H2,(H,27,28)(H,29,30). The first kappa shape index (κ1) is 21.5. The van der Waals surface area contributed by atoms with E-state index in [9.17, 15) is 24.6 Å². The highest BCUT2D eigenvalue weighted by Gasteiger charge is 2.41. The third-order valence-electron chi connectivity index (χ3n) is 5.50. The molecule has 1 amide bonds. The second kappa shape index (κ2) is 10.0. The van der Waals surface area contributed by atoms with Gasteiger partial charge < -0.3 is 15.1 Å². The Morgan fingerprint density at radius 1 is 0.967 bits per heavy atom. The van der Waals surface area contributed by atoms with E-state index in [1.807, 2.05) is 60.7 Å². The number of rotatable bonds is 9. The van der Waals surface area contributed by atoms with E-state index in [-0.39, 0.29) is 12.6 Å². The number of hydrogen-bond donors (Lipinski definition) is 3. The van der Waals surface area contributed by atoms with E-state index in [0.29, 0.717) is 25.7 Å². The van der Waals surface area contributed by atoms with Crippen molar-refractivity contribution < 1.29 is 24.6 Å². The molecule has 30 heavy (non-hydrogen) atoms. The highest BCUT2D eigenvalue weighted by molar-refractivity contribution is 5.86. The number of carboxylic acid groups (broad SMARTS) is 2. The topological polar surface area (TPSA) is 107 Å². The van der Waals surface area contributed by atoms with Gasteiger partial charge in [-0.15, -0.1) is 0 Å². The van der Waals surface area contributed by atoms with Crippen LogP contribution >= 0.6 is 0 Å². The number of aryl methyl sites for hydroxylation is 1. The molecule has 0 radical (unpaired) electrons. The summed E-state index contributed by atoms with van der Waals surface area (Å²) in [4.78, 5) is 37.7. The molecule has 1 aliphatic rings. The number of carbonyl (C=O) groups excluding carboxylic acids is 1. The number of benzene rings is 2. The van der Waals surface area contributed by atoms with Gasteiger partial charge in [-0.1, -0.05) is 60.7 Å². The van der Waals surface area contributed by atoms with Crippen molar-refractivity contribution in [3.05, 3.63) is 71.8 Å². The summed E-state index contributed by atoms with van der Waals surface area (Å²) >= 11 is 0. The number of aliphatic carboxylic acids is 2. The fourth-order valence-corrected chi connectivity index (χ4v) is 3.97. The van der Waals surface area contributed by atoms with Crippen molar-refractivity contribution in [3.8, 4) is 0 Å². The number of likely N-dealkylation sites (tertiary alicyclic amines) is 1. The van der Waals surface area contributed by atoms with Crippen LogP contribution in [0.4, 0.5) is 0 Å². The van der Waals surface area contributed by atoms with Gasteiger partial charge in [-0.05, 0) is 36.8 Å². The van der Waals surface area contributed by atoms with E-state index in [0.717, 1.165) is 11.1 Å². The molecule has 2 aromatic carbocycles. The van der Waals surface area contributed by atoms with Crippen molar-refractivity contribution in [2.75, 3.05) is 6.54 Å². The van der Waals surface area contributed by atoms with Crippen LogP contribution in [0.3, 0.4) is 0 Å². The largest absolute Gasteiger partial charge is 0.480 e. The Bertz CT molecular complexity index is 872. The van der Waals surface area contributed by atoms with Crippen LogP contribution in [-0.2, 0) is 20.8 Å². The molecule has 0 spiro atoms. The van der Waals surface area contributed by atoms with Crippen molar-refractivity contribution in [1.29, 1.82) is 0 Å². The highest BCUT2D eigenvalue weighted by atomic mass is 16.4. The molecule has 158 valence electrons. The van der Waals surface area contributed by atoms with E-state index in [1.54, 1.807) is 0 Å². The van der Waals surface area contributed by atoms with Crippen molar-refractivity contribution >= 4 is 17.8 Å². The average Bonchev–Trinajstić information content (AvgIpc) is 3.20. The fourth-order valence-electron chi connectivity index (χ4n) is 3.97. The van der Waals surface area contributed by atoms with Crippen LogP contribution in [0, 0.1) is 0 Å². The van der Waals surface area contributed by atoms with E-state index in [1.165, 1.54) is 4.90 Å². The van der Waals surface area contributed by atoms with Gasteiger partial charge in [-0.3, -0.25) is 14.9 Å². The van der Waals surface area contributed by atoms with Crippen molar-refractivity contribution in [2.45, 2.75) is 43.8 Å². The lowest BCUT2D eigenvalue weighted by atomic mass is 10.0. The first-order chi connectivity index (χ1) is 14.5. The maximum Gasteiger partial charge on any atom is 0.326 e. The van der Waals surface area contributed by atoms with Gasteiger partial charge in [0.05, 0.1) is 12.6 Å². The van der Waals surface area contributed by atoms with Crippen LogP contribution in [0.25, 0.3) is 0 Å². The zero-order valence-electron chi connectivity index (χ0n) is 16.6. The van der Waals surface area contributed by atoms with Gasteiger partial charge in [0, 0.05) is 0 Å². The SMILES string of the molecule is O=C(O)C(CCc1ccccc1)NCC(=O)N1C(C(=O)O)CCC1c1ccccc1. The number of hydrogen-bond acceptors (Lipinski definition) is 4. The summed E-state index contributed by atoms with van der Waals surface area (Å²) in [5.41, 5.74) is 1.90. The van der Waals surface area contributed by atoms with Crippen LogP contribution < -0.4 is 5.32 Å². The molecular weight excluding hydrogens is 384 g/mol. The molecule has 0 bridgehead atoms. The maximum atomic E-state index is 13.0. The van der Waals surface area contributed by atoms with Gasteiger partial charge in [0.1, 0.15) is 12.1 Å². The highest BCUT2D eigenvalue weighted by Crippen LogP contribution is 2.36. The van der Waals surface area contributed by atoms with Crippen molar-refractivity contribution in [3.63, 3.8) is 0 Å². The van der Waals surface area contributed by atoms with Gasteiger partial charge in [-0.2, -0.15) is 0 Å². The lowest BCUT2D eigenvalue weighted by Gasteiger charge is -2.29. The molecule has 7 heteroatoms. The Hall–Kier alpha value is -3.19. The second-order valence-electron chi connectivity index (χ2n) is 7.45. The van der Waals surface area contributed by atoms with Crippen molar-refractivity contribution in [1.82, 2.24) is 10.2 Å². The maximum absolute atomic E-state index is 13.0. The fraction of sp³-hybridized carbons (Fsp3) is 0.348. The van der Waals surface area contributed by atoms with Crippen LogP contribution in [0.2, 0.25) is 0 Å². The van der Waals surface area contributed by atoms with Gasteiger partial charge in [-0.25, -0.2) is 4.79 Å². The van der Waals surface area contributed by atoms with Crippen LogP contribution in [0.15, 0.2) is 60.7 Å². The summed E-state index contributed by atoms with van der Waals surface area (Å²) in [5.74, 6) is -2.48. The van der Waals surface area contributed by atoms with Gasteiger partial charge in [0.2, 0.25) is 5.91 Å². The number of nitrogens with zero attached hydrogens (tertiary/aromatic N) is 1. The zero-order valence-corrected chi connectivity index (χ0v) is 16.6. The van der Waals surface area contributed by atoms with E-state index in [2.05, 4.69) is 5.32 Å². The molecule has 0 saturated carbocycles. The molecule has 1 heterocycles. The third-order valence-corrected chi connectivity index (χ3v) is 5.50. The number of carboxylic acids is 2. The number of nitrogens with one attached hydrogen (secondary N) is 1. The molecule has 7 nitrogen and oxygen atoms in total. The average molecular weight is 410 g/mol. The molecule has 0 aromatic heterocycles.